The molecule has 82 valence electrons. The summed E-state index contributed by atoms with van der Waals surface area (Å²) in [5.74, 6) is 0.672. The van der Waals surface area contributed by atoms with Crippen molar-refractivity contribution in [3.05, 3.63) is 28.7 Å². The molecule has 2 heterocycles. The highest BCUT2D eigenvalue weighted by molar-refractivity contribution is 6.30. The van der Waals surface area contributed by atoms with Gasteiger partial charge in [-0.1, -0.05) is 11.6 Å². The third-order valence-corrected chi connectivity index (χ3v) is 3.25. The van der Waals surface area contributed by atoms with Gasteiger partial charge in [-0.25, -0.2) is 9.97 Å². The van der Waals surface area contributed by atoms with Crippen LogP contribution in [0.1, 0.15) is 17.7 Å². The van der Waals surface area contributed by atoms with Crippen molar-refractivity contribution in [1.82, 2.24) is 19.7 Å². The second-order valence-electron chi connectivity index (χ2n) is 3.96. The lowest BCUT2D eigenvalue weighted by molar-refractivity contribution is 0.768. The van der Waals surface area contributed by atoms with Gasteiger partial charge in [-0.15, -0.1) is 0 Å². The van der Waals surface area contributed by atoms with Crippen molar-refractivity contribution >= 4 is 11.6 Å². The number of hydrogen-bond acceptors (Lipinski definition) is 3. The van der Waals surface area contributed by atoms with Crippen LogP contribution >= 0.6 is 11.6 Å². The molecule has 0 N–H and O–H groups in total. The van der Waals surface area contributed by atoms with Crippen LogP contribution in [-0.4, -0.2) is 19.7 Å². The number of halogens is 1. The monoisotopic (exact) mass is 234 g/mol. The number of fused-ring (bicyclic) bond motifs is 1. The maximum Gasteiger partial charge on any atom is 0.179 e. The van der Waals surface area contributed by atoms with E-state index in [-0.39, 0.29) is 0 Å². The molecule has 1 aliphatic rings. The van der Waals surface area contributed by atoms with Crippen LogP contribution in [0.2, 0.25) is 5.15 Å². The zero-order valence-electron chi connectivity index (χ0n) is 8.94. The van der Waals surface area contributed by atoms with E-state index in [4.69, 9.17) is 11.6 Å². The minimum Gasteiger partial charge on any atom is -0.265 e. The van der Waals surface area contributed by atoms with Crippen molar-refractivity contribution in [2.24, 2.45) is 7.05 Å². The summed E-state index contributed by atoms with van der Waals surface area (Å²) in [6.45, 7) is 0. The number of aromatic nitrogens is 4. The summed E-state index contributed by atoms with van der Waals surface area (Å²) >= 11 is 6.16. The average Bonchev–Trinajstić information content (AvgIpc) is 2.85. The first-order valence-electron chi connectivity index (χ1n) is 5.29. The second kappa shape index (κ2) is 3.56. The van der Waals surface area contributed by atoms with Gasteiger partial charge in [0.2, 0.25) is 0 Å². The summed E-state index contributed by atoms with van der Waals surface area (Å²) < 4.78 is 1.76. The topological polar surface area (TPSA) is 43.6 Å². The lowest BCUT2D eigenvalue weighted by Gasteiger charge is -2.05. The van der Waals surface area contributed by atoms with Crippen molar-refractivity contribution < 1.29 is 0 Å². The van der Waals surface area contributed by atoms with Crippen molar-refractivity contribution in [1.29, 1.82) is 0 Å². The van der Waals surface area contributed by atoms with Crippen molar-refractivity contribution in [2.45, 2.75) is 19.3 Å². The lowest BCUT2D eigenvalue weighted by atomic mass is 10.2. The van der Waals surface area contributed by atoms with E-state index < -0.39 is 0 Å². The molecule has 16 heavy (non-hydrogen) atoms. The average molecular weight is 235 g/mol. The van der Waals surface area contributed by atoms with Crippen LogP contribution in [0.25, 0.3) is 11.5 Å². The van der Waals surface area contributed by atoms with E-state index in [1.165, 1.54) is 0 Å². The quantitative estimate of drug-likeness (QED) is 0.709. The highest BCUT2D eigenvalue weighted by Crippen LogP contribution is 2.28. The summed E-state index contributed by atoms with van der Waals surface area (Å²) in [6.07, 6.45) is 4.86. The Hall–Kier alpha value is -1.42. The van der Waals surface area contributed by atoms with Crippen molar-refractivity contribution in [3.8, 4) is 11.5 Å². The molecule has 5 heteroatoms. The number of hydrogen-bond donors (Lipinski definition) is 0. The molecule has 0 saturated carbocycles. The number of rotatable bonds is 1. The summed E-state index contributed by atoms with van der Waals surface area (Å²) in [4.78, 5) is 8.90. The van der Waals surface area contributed by atoms with E-state index >= 15 is 0 Å². The second-order valence-corrected chi connectivity index (χ2v) is 4.31. The molecule has 0 saturated heterocycles. The van der Waals surface area contributed by atoms with Gasteiger partial charge in [0.25, 0.3) is 0 Å². The fourth-order valence-electron chi connectivity index (χ4n) is 2.09. The Morgan fingerprint density at radius 2 is 2.19 bits per heavy atom. The van der Waals surface area contributed by atoms with Crippen LogP contribution in [0.3, 0.4) is 0 Å². The van der Waals surface area contributed by atoms with Gasteiger partial charge in [-0.2, -0.15) is 5.10 Å². The SMILES string of the molecule is Cn1nccc1-c1nc(Cl)c2c(n1)CCC2. The summed E-state index contributed by atoms with van der Waals surface area (Å²) in [5, 5.41) is 4.71. The molecule has 3 rings (SSSR count). The first-order valence-corrected chi connectivity index (χ1v) is 5.67. The zero-order valence-corrected chi connectivity index (χ0v) is 9.70. The molecule has 0 amide bonds. The molecular formula is C11H11ClN4. The Morgan fingerprint density at radius 3 is 2.94 bits per heavy atom. The van der Waals surface area contributed by atoms with E-state index in [1.54, 1.807) is 10.9 Å². The van der Waals surface area contributed by atoms with Gasteiger partial charge in [0.05, 0.1) is 0 Å². The number of aryl methyl sites for hydroxylation is 2. The summed E-state index contributed by atoms with van der Waals surface area (Å²) in [5.41, 5.74) is 3.11. The van der Waals surface area contributed by atoms with Gasteiger partial charge in [-0.05, 0) is 25.3 Å². The van der Waals surface area contributed by atoms with Crippen LogP contribution in [0, 0.1) is 0 Å². The molecule has 0 aliphatic heterocycles. The Balaban J connectivity index is 2.17. The highest BCUT2D eigenvalue weighted by atomic mass is 35.5. The van der Waals surface area contributed by atoms with E-state index in [9.17, 15) is 0 Å². The molecule has 0 radical (unpaired) electrons. The van der Waals surface area contributed by atoms with Crippen LogP contribution in [0.4, 0.5) is 0 Å². The van der Waals surface area contributed by atoms with Crippen LogP contribution < -0.4 is 0 Å². The molecule has 0 atom stereocenters. The fraction of sp³-hybridized carbons (Fsp3) is 0.364. The van der Waals surface area contributed by atoms with Crippen molar-refractivity contribution in [3.63, 3.8) is 0 Å². The molecule has 1 aliphatic carbocycles. The molecule has 0 aromatic carbocycles. The standard InChI is InChI=1S/C11H11ClN4/c1-16-9(5-6-13-16)11-14-8-4-2-3-7(8)10(12)15-11/h5-6H,2-4H2,1H3. The molecule has 2 aromatic heterocycles. The summed E-state index contributed by atoms with van der Waals surface area (Å²) in [7, 11) is 1.87. The number of nitrogens with zero attached hydrogens (tertiary/aromatic N) is 4. The molecule has 0 unspecified atom stereocenters. The first kappa shape index (κ1) is 9.78. The predicted molar refractivity (Wildman–Crippen MR) is 61.3 cm³/mol. The maximum atomic E-state index is 6.16. The van der Waals surface area contributed by atoms with Gasteiger partial charge in [-0.3, -0.25) is 4.68 Å². The molecule has 2 aromatic rings. The Bertz CT molecular complexity index is 547. The minimum absolute atomic E-state index is 0.596. The van der Waals surface area contributed by atoms with Gasteiger partial charge < -0.3 is 0 Å². The molecule has 0 bridgehead atoms. The van der Waals surface area contributed by atoms with Crippen LogP contribution in [-0.2, 0) is 19.9 Å². The molecule has 0 fully saturated rings. The third kappa shape index (κ3) is 1.41. The largest absolute Gasteiger partial charge is 0.265 e. The Morgan fingerprint density at radius 1 is 1.31 bits per heavy atom. The van der Waals surface area contributed by atoms with E-state index in [0.29, 0.717) is 11.0 Å². The highest BCUT2D eigenvalue weighted by Gasteiger charge is 2.19. The first-order chi connectivity index (χ1) is 7.75. The normalized spacial score (nSPS) is 14.1. The van der Waals surface area contributed by atoms with Crippen molar-refractivity contribution in [2.75, 3.05) is 0 Å². The maximum absolute atomic E-state index is 6.16. The summed E-state index contributed by atoms with van der Waals surface area (Å²) in [6, 6.07) is 1.90. The lowest BCUT2D eigenvalue weighted by Crippen LogP contribution is -2.01. The fourth-order valence-corrected chi connectivity index (χ4v) is 2.38. The van der Waals surface area contributed by atoms with Crippen LogP contribution in [0.5, 0.6) is 0 Å². The predicted octanol–water partition coefficient (Wildman–Crippen LogP) is 2.02. The third-order valence-electron chi connectivity index (χ3n) is 2.93. The molecular weight excluding hydrogens is 224 g/mol. The smallest absolute Gasteiger partial charge is 0.179 e. The van der Waals surface area contributed by atoms with E-state index in [1.807, 2.05) is 13.1 Å². The van der Waals surface area contributed by atoms with Gasteiger partial charge >= 0.3 is 0 Å². The molecule has 0 spiro atoms. The van der Waals surface area contributed by atoms with Gasteiger partial charge in [0.15, 0.2) is 5.82 Å². The Labute approximate surface area is 98.3 Å². The minimum atomic E-state index is 0.596. The van der Waals surface area contributed by atoms with Gasteiger partial charge in [0, 0.05) is 24.5 Å². The molecule has 4 nitrogen and oxygen atoms in total. The van der Waals surface area contributed by atoms with E-state index in [0.717, 1.165) is 36.2 Å². The zero-order chi connectivity index (χ0) is 11.1. The van der Waals surface area contributed by atoms with E-state index in [2.05, 4.69) is 15.1 Å². The van der Waals surface area contributed by atoms with Crippen LogP contribution in [0.15, 0.2) is 12.3 Å². The Kier molecular flexibility index (Phi) is 2.17. The van der Waals surface area contributed by atoms with Gasteiger partial charge in [0.1, 0.15) is 10.8 Å².